The summed E-state index contributed by atoms with van der Waals surface area (Å²) >= 11 is 15.9. The summed E-state index contributed by atoms with van der Waals surface area (Å²) in [6, 6.07) is 10.9. The molecule has 2 N–H and O–H groups in total. The number of ether oxygens (including phenoxy) is 1. The number of methoxy groups -OCH3 is 1. The van der Waals surface area contributed by atoms with Crippen LogP contribution in [-0.4, -0.2) is 7.11 Å². The van der Waals surface area contributed by atoms with Crippen LogP contribution in [0, 0.1) is 0 Å². The fraction of sp³-hybridized carbons (Fsp3) is 0.200. The van der Waals surface area contributed by atoms with E-state index in [2.05, 4.69) is 15.9 Å². The van der Waals surface area contributed by atoms with Crippen LogP contribution < -0.4 is 10.5 Å². The first-order valence-corrected chi connectivity index (χ1v) is 7.59. The van der Waals surface area contributed by atoms with Gasteiger partial charge in [-0.25, -0.2) is 0 Å². The highest BCUT2D eigenvalue weighted by Crippen LogP contribution is 2.32. The summed E-state index contributed by atoms with van der Waals surface area (Å²) in [5.74, 6) is 0.768. The van der Waals surface area contributed by atoms with Crippen LogP contribution in [0.5, 0.6) is 5.75 Å². The maximum absolute atomic E-state index is 6.29. The maximum Gasteiger partial charge on any atom is 0.119 e. The number of hydrogen-bond donors (Lipinski definition) is 1. The Morgan fingerprint density at radius 3 is 2.45 bits per heavy atom. The number of halogens is 3. The van der Waals surface area contributed by atoms with E-state index in [1.165, 1.54) is 0 Å². The fourth-order valence-electron chi connectivity index (χ4n) is 1.99. The van der Waals surface area contributed by atoms with Crippen LogP contribution in [0.15, 0.2) is 40.9 Å². The van der Waals surface area contributed by atoms with Crippen LogP contribution >= 0.6 is 39.1 Å². The van der Waals surface area contributed by atoms with Crippen molar-refractivity contribution in [1.82, 2.24) is 0 Å². The maximum atomic E-state index is 6.29. The molecular formula is C15H14BrCl2NO. The molecule has 2 nitrogen and oxygen atoms in total. The molecule has 0 heterocycles. The lowest BCUT2D eigenvalue weighted by Crippen LogP contribution is -2.14. The van der Waals surface area contributed by atoms with Crippen molar-refractivity contribution in [2.45, 2.75) is 12.5 Å². The molecule has 1 unspecified atom stereocenters. The Hall–Kier alpha value is -0.740. The van der Waals surface area contributed by atoms with E-state index in [-0.39, 0.29) is 6.04 Å². The molecule has 0 aromatic heterocycles. The molecule has 0 aliphatic rings. The highest BCUT2D eigenvalue weighted by Gasteiger charge is 2.15. The quantitative estimate of drug-likeness (QED) is 0.816. The Morgan fingerprint density at radius 2 is 1.85 bits per heavy atom. The Labute approximate surface area is 137 Å². The summed E-state index contributed by atoms with van der Waals surface area (Å²) in [6.45, 7) is 0. The molecule has 0 amide bonds. The van der Waals surface area contributed by atoms with Gasteiger partial charge in [0.15, 0.2) is 0 Å². The molecule has 0 radical (unpaired) electrons. The van der Waals surface area contributed by atoms with Crippen molar-refractivity contribution in [3.05, 3.63) is 62.0 Å². The third-order valence-corrected chi connectivity index (χ3v) is 4.52. The van der Waals surface area contributed by atoms with Gasteiger partial charge >= 0.3 is 0 Å². The molecule has 2 aromatic rings. The lowest BCUT2D eigenvalue weighted by atomic mass is 9.99. The molecule has 1 atom stereocenters. The van der Waals surface area contributed by atoms with Crippen LogP contribution in [0.25, 0.3) is 0 Å². The second-order valence-corrected chi connectivity index (χ2v) is 6.07. The lowest BCUT2D eigenvalue weighted by molar-refractivity contribution is 0.413. The predicted molar refractivity (Wildman–Crippen MR) is 87.8 cm³/mol. The summed E-state index contributed by atoms with van der Waals surface area (Å²) in [4.78, 5) is 0. The molecule has 0 saturated heterocycles. The van der Waals surface area contributed by atoms with Gasteiger partial charge in [-0.2, -0.15) is 0 Å². The van der Waals surface area contributed by atoms with E-state index < -0.39 is 0 Å². The van der Waals surface area contributed by atoms with Gasteiger partial charge in [0.05, 0.1) is 7.11 Å². The van der Waals surface area contributed by atoms with Crippen LogP contribution in [0.3, 0.4) is 0 Å². The minimum atomic E-state index is -0.225. The molecule has 2 aromatic carbocycles. The van der Waals surface area contributed by atoms with Crippen LogP contribution in [0.4, 0.5) is 0 Å². The number of benzene rings is 2. The third-order valence-electron chi connectivity index (χ3n) is 3.09. The SMILES string of the molecule is COc1ccc(Br)c(C(N)Cc2c(Cl)cccc2Cl)c1. The third kappa shape index (κ3) is 3.47. The Balaban J connectivity index is 2.30. The largest absolute Gasteiger partial charge is 0.497 e. The van der Waals surface area contributed by atoms with Gasteiger partial charge in [0.25, 0.3) is 0 Å². The Bertz CT molecular complexity index is 599. The number of nitrogens with two attached hydrogens (primary N) is 1. The summed E-state index contributed by atoms with van der Waals surface area (Å²) in [7, 11) is 1.63. The van der Waals surface area contributed by atoms with Crippen molar-refractivity contribution in [2.75, 3.05) is 7.11 Å². The Morgan fingerprint density at radius 1 is 1.20 bits per heavy atom. The summed E-state index contributed by atoms with van der Waals surface area (Å²) in [5.41, 5.74) is 8.10. The zero-order valence-corrected chi connectivity index (χ0v) is 14.0. The molecular weight excluding hydrogens is 361 g/mol. The molecule has 0 bridgehead atoms. The van der Waals surface area contributed by atoms with Crippen LogP contribution in [0.1, 0.15) is 17.2 Å². The number of hydrogen-bond acceptors (Lipinski definition) is 2. The van der Waals surface area contributed by atoms with E-state index in [9.17, 15) is 0 Å². The summed E-state index contributed by atoms with van der Waals surface area (Å²) in [5, 5.41) is 1.26. The van der Waals surface area contributed by atoms with Gasteiger partial charge in [-0.05, 0) is 47.9 Å². The molecule has 20 heavy (non-hydrogen) atoms. The fourth-order valence-corrected chi connectivity index (χ4v) is 3.08. The van der Waals surface area contributed by atoms with E-state index in [1.807, 2.05) is 36.4 Å². The molecule has 0 fully saturated rings. The van der Waals surface area contributed by atoms with E-state index >= 15 is 0 Å². The van der Waals surface area contributed by atoms with E-state index in [1.54, 1.807) is 7.11 Å². The molecule has 0 spiro atoms. The van der Waals surface area contributed by atoms with E-state index in [0.717, 1.165) is 21.3 Å². The minimum Gasteiger partial charge on any atom is -0.497 e. The average Bonchev–Trinajstić information content (AvgIpc) is 2.43. The predicted octanol–water partition coefficient (Wildman–Crippen LogP) is 5.01. The number of rotatable bonds is 4. The van der Waals surface area contributed by atoms with Crippen molar-refractivity contribution in [1.29, 1.82) is 0 Å². The lowest BCUT2D eigenvalue weighted by Gasteiger charge is -2.17. The van der Waals surface area contributed by atoms with Crippen molar-refractivity contribution < 1.29 is 4.74 Å². The first kappa shape index (κ1) is 15.6. The van der Waals surface area contributed by atoms with Crippen LogP contribution in [0.2, 0.25) is 10.0 Å². The summed E-state index contributed by atoms with van der Waals surface area (Å²) in [6.07, 6.45) is 0.560. The standard InChI is InChI=1S/C15H14BrCl2NO/c1-20-9-5-6-12(16)10(7-9)15(19)8-11-13(17)3-2-4-14(11)18/h2-7,15H,8,19H2,1H3. The highest BCUT2D eigenvalue weighted by molar-refractivity contribution is 9.10. The second-order valence-electron chi connectivity index (χ2n) is 4.40. The molecule has 106 valence electrons. The van der Waals surface area contributed by atoms with E-state index in [0.29, 0.717) is 16.5 Å². The van der Waals surface area contributed by atoms with Crippen molar-refractivity contribution >= 4 is 39.1 Å². The molecule has 0 saturated carbocycles. The monoisotopic (exact) mass is 373 g/mol. The van der Waals surface area contributed by atoms with Gasteiger partial charge in [0, 0.05) is 20.6 Å². The van der Waals surface area contributed by atoms with Crippen molar-refractivity contribution in [2.24, 2.45) is 5.73 Å². The summed E-state index contributed by atoms with van der Waals surface area (Å²) < 4.78 is 6.17. The van der Waals surface area contributed by atoms with Gasteiger partial charge < -0.3 is 10.5 Å². The van der Waals surface area contributed by atoms with Gasteiger partial charge in [-0.15, -0.1) is 0 Å². The highest BCUT2D eigenvalue weighted by atomic mass is 79.9. The zero-order valence-electron chi connectivity index (χ0n) is 10.9. The van der Waals surface area contributed by atoms with Gasteiger partial charge in [-0.3, -0.25) is 0 Å². The van der Waals surface area contributed by atoms with Crippen molar-refractivity contribution in [3.63, 3.8) is 0 Å². The second kappa shape index (κ2) is 6.81. The Kier molecular flexibility index (Phi) is 5.33. The molecule has 2 rings (SSSR count). The topological polar surface area (TPSA) is 35.2 Å². The first-order chi connectivity index (χ1) is 9.52. The smallest absolute Gasteiger partial charge is 0.119 e. The molecule has 0 aliphatic carbocycles. The van der Waals surface area contributed by atoms with Gasteiger partial charge in [0.1, 0.15) is 5.75 Å². The zero-order chi connectivity index (χ0) is 14.7. The normalized spacial score (nSPS) is 12.2. The van der Waals surface area contributed by atoms with Gasteiger partial charge in [-0.1, -0.05) is 45.2 Å². The first-order valence-electron chi connectivity index (χ1n) is 6.05. The van der Waals surface area contributed by atoms with E-state index in [4.69, 9.17) is 33.7 Å². The molecule has 5 heteroatoms. The van der Waals surface area contributed by atoms with Crippen molar-refractivity contribution in [3.8, 4) is 5.75 Å². The average molecular weight is 375 g/mol. The van der Waals surface area contributed by atoms with Crippen LogP contribution in [-0.2, 0) is 6.42 Å². The minimum absolute atomic E-state index is 0.225. The van der Waals surface area contributed by atoms with Gasteiger partial charge in [0.2, 0.25) is 0 Å². The molecule has 0 aliphatic heterocycles.